The van der Waals surface area contributed by atoms with E-state index in [2.05, 4.69) is 0 Å². The molecule has 14 heavy (non-hydrogen) atoms. The first-order chi connectivity index (χ1) is 6.19. The monoisotopic (exact) mass is 221 g/mol. The molecule has 0 saturated carbocycles. The van der Waals surface area contributed by atoms with Gasteiger partial charge in [0, 0.05) is 0 Å². The van der Waals surface area contributed by atoms with Gasteiger partial charge < -0.3 is 15.6 Å². The molecule has 1 aromatic rings. The van der Waals surface area contributed by atoms with Gasteiger partial charge in [0.2, 0.25) is 0 Å². The molecular formula is C9H13ClFNO2. The fourth-order valence-corrected chi connectivity index (χ4v) is 1.01. The minimum Gasteiger partial charge on any atom is -0.504 e. The SMILES string of the molecule is COc1cc([C@H](N)CF)ccc1O.Cl. The Morgan fingerprint density at radius 1 is 1.57 bits per heavy atom. The number of phenolic OH excluding ortho intramolecular Hbond substituents is 1. The van der Waals surface area contributed by atoms with E-state index in [-0.39, 0.29) is 18.2 Å². The molecule has 1 aromatic carbocycles. The van der Waals surface area contributed by atoms with Crippen LogP contribution in [0.5, 0.6) is 11.5 Å². The first kappa shape index (κ1) is 13.0. The number of phenols is 1. The van der Waals surface area contributed by atoms with Gasteiger partial charge in [-0.15, -0.1) is 12.4 Å². The van der Waals surface area contributed by atoms with Crippen molar-refractivity contribution in [3.8, 4) is 11.5 Å². The van der Waals surface area contributed by atoms with E-state index in [1.54, 1.807) is 6.07 Å². The first-order valence-corrected chi connectivity index (χ1v) is 3.87. The van der Waals surface area contributed by atoms with Crippen LogP contribution in [0.3, 0.4) is 0 Å². The minimum absolute atomic E-state index is 0. The van der Waals surface area contributed by atoms with Gasteiger partial charge >= 0.3 is 0 Å². The van der Waals surface area contributed by atoms with Gasteiger partial charge in [0.15, 0.2) is 11.5 Å². The summed E-state index contributed by atoms with van der Waals surface area (Å²) < 4.78 is 17.0. The maximum Gasteiger partial charge on any atom is 0.160 e. The zero-order valence-electron chi connectivity index (χ0n) is 7.74. The number of hydrogen-bond acceptors (Lipinski definition) is 3. The third-order valence-corrected chi connectivity index (χ3v) is 1.80. The Balaban J connectivity index is 0.00000169. The lowest BCUT2D eigenvalue weighted by molar-refractivity contribution is 0.371. The Labute approximate surface area is 88.1 Å². The van der Waals surface area contributed by atoms with E-state index in [0.717, 1.165) is 0 Å². The van der Waals surface area contributed by atoms with Crippen molar-refractivity contribution < 1.29 is 14.2 Å². The smallest absolute Gasteiger partial charge is 0.160 e. The Hall–Kier alpha value is -1.00. The zero-order chi connectivity index (χ0) is 9.84. The van der Waals surface area contributed by atoms with Crippen LogP contribution < -0.4 is 10.5 Å². The third kappa shape index (κ3) is 2.75. The van der Waals surface area contributed by atoms with Gasteiger partial charge in [0.05, 0.1) is 13.2 Å². The summed E-state index contributed by atoms with van der Waals surface area (Å²) in [5.74, 6) is 0.332. The van der Waals surface area contributed by atoms with Crippen LogP contribution in [-0.4, -0.2) is 18.9 Å². The molecule has 0 aliphatic heterocycles. The van der Waals surface area contributed by atoms with Crippen molar-refractivity contribution in [2.45, 2.75) is 6.04 Å². The molecule has 0 fully saturated rings. The maximum absolute atomic E-state index is 12.2. The highest BCUT2D eigenvalue weighted by Crippen LogP contribution is 2.28. The van der Waals surface area contributed by atoms with Crippen molar-refractivity contribution in [1.82, 2.24) is 0 Å². The molecule has 0 bridgehead atoms. The number of nitrogens with two attached hydrogens (primary N) is 1. The lowest BCUT2D eigenvalue weighted by Gasteiger charge is -2.09. The topological polar surface area (TPSA) is 55.5 Å². The molecule has 5 heteroatoms. The second kappa shape index (κ2) is 5.67. The van der Waals surface area contributed by atoms with Gasteiger partial charge in [-0.25, -0.2) is 4.39 Å². The minimum atomic E-state index is -0.658. The van der Waals surface area contributed by atoms with E-state index < -0.39 is 12.7 Å². The highest BCUT2D eigenvalue weighted by Gasteiger charge is 2.08. The molecule has 0 saturated heterocycles. The predicted molar refractivity (Wildman–Crippen MR) is 54.8 cm³/mol. The number of hydrogen-bond donors (Lipinski definition) is 2. The van der Waals surface area contributed by atoms with Crippen molar-refractivity contribution in [3.05, 3.63) is 23.8 Å². The first-order valence-electron chi connectivity index (χ1n) is 3.87. The molecule has 0 aliphatic carbocycles. The number of alkyl halides is 1. The van der Waals surface area contributed by atoms with Crippen molar-refractivity contribution in [1.29, 1.82) is 0 Å². The van der Waals surface area contributed by atoms with Gasteiger partial charge in [-0.2, -0.15) is 0 Å². The average Bonchev–Trinajstić information content (AvgIpc) is 2.17. The fraction of sp³-hybridized carbons (Fsp3) is 0.333. The van der Waals surface area contributed by atoms with Crippen molar-refractivity contribution in [2.24, 2.45) is 5.73 Å². The van der Waals surface area contributed by atoms with Crippen LogP contribution in [0, 0.1) is 0 Å². The van der Waals surface area contributed by atoms with Crippen LogP contribution in [0.4, 0.5) is 4.39 Å². The van der Waals surface area contributed by atoms with Gasteiger partial charge in [-0.1, -0.05) is 6.07 Å². The Morgan fingerprint density at radius 2 is 2.21 bits per heavy atom. The fourth-order valence-electron chi connectivity index (χ4n) is 1.01. The van der Waals surface area contributed by atoms with Crippen molar-refractivity contribution >= 4 is 12.4 Å². The molecule has 3 N–H and O–H groups in total. The average molecular weight is 222 g/mol. The van der Waals surface area contributed by atoms with Crippen LogP contribution in [0.15, 0.2) is 18.2 Å². The van der Waals surface area contributed by atoms with Gasteiger partial charge in [0.25, 0.3) is 0 Å². The lowest BCUT2D eigenvalue weighted by atomic mass is 10.1. The third-order valence-electron chi connectivity index (χ3n) is 1.80. The van der Waals surface area contributed by atoms with E-state index in [9.17, 15) is 9.50 Å². The van der Waals surface area contributed by atoms with E-state index in [0.29, 0.717) is 11.3 Å². The largest absolute Gasteiger partial charge is 0.504 e. The Morgan fingerprint density at radius 3 is 2.71 bits per heavy atom. The Kier molecular flexibility index (Phi) is 5.27. The Bertz CT molecular complexity index is 296. The standard InChI is InChI=1S/C9H12FNO2.ClH/c1-13-9-4-6(7(11)5-10)2-3-8(9)12;/h2-4,7,12H,5,11H2,1H3;1H/t7-;/m1./s1. The van der Waals surface area contributed by atoms with Crippen LogP contribution in [0.2, 0.25) is 0 Å². The lowest BCUT2D eigenvalue weighted by Crippen LogP contribution is -2.11. The number of ether oxygens (including phenoxy) is 1. The van der Waals surface area contributed by atoms with Crippen molar-refractivity contribution in [2.75, 3.05) is 13.8 Å². The van der Waals surface area contributed by atoms with E-state index in [1.807, 2.05) is 0 Å². The molecule has 0 radical (unpaired) electrons. The van der Waals surface area contributed by atoms with Gasteiger partial charge in [0.1, 0.15) is 6.67 Å². The van der Waals surface area contributed by atoms with Crippen LogP contribution >= 0.6 is 12.4 Å². The zero-order valence-corrected chi connectivity index (χ0v) is 8.55. The van der Waals surface area contributed by atoms with E-state index in [1.165, 1.54) is 19.2 Å². The number of rotatable bonds is 3. The summed E-state index contributed by atoms with van der Waals surface area (Å²) in [6.45, 7) is -0.631. The summed E-state index contributed by atoms with van der Waals surface area (Å²) in [7, 11) is 1.43. The molecule has 1 atom stereocenters. The summed E-state index contributed by atoms with van der Waals surface area (Å²) in [5, 5.41) is 9.23. The molecule has 0 amide bonds. The number of methoxy groups -OCH3 is 1. The van der Waals surface area contributed by atoms with Gasteiger partial charge in [-0.05, 0) is 17.7 Å². The van der Waals surface area contributed by atoms with E-state index in [4.69, 9.17) is 10.5 Å². The molecule has 3 nitrogen and oxygen atoms in total. The molecular weight excluding hydrogens is 209 g/mol. The maximum atomic E-state index is 12.2. The molecule has 0 unspecified atom stereocenters. The van der Waals surface area contributed by atoms with Crippen LogP contribution in [0.1, 0.15) is 11.6 Å². The predicted octanol–water partition coefficient (Wildman–Crippen LogP) is 1.79. The van der Waals surface area contributed by atoms with Crippen LogP contribution in [-0.2, 0) is 0 Å². The number of aromatic hydroxyl groups is 1. The molecule has 0 spiro atoms. The molecule has 0 heterocycles. The summed E-state index contributed by atoms with van der Waals surface area (Å²) in [6, 6.07) is 3.88. The summed E-state index contributed by atoms with van der Waals surface area (Å²) in [5.41, 5.74) is 6.06. The number of benzene rings is 1. The molecule has 0 aliphatic rings. The number of halogens is 2. The van der Waals surface area contributed by atoms with Crippen molar-refractivity contribution in [3.63, 3.8) is 0 Å². The normalized spacial score (nSPS) is 11.6. The van der Waals surface area contributed by atoms with Crippen LogP contribution in [0.25, 0.3) is 0 Å². The molecule has 80 valence electrons. The molecule has 0 aromatic heterocycles. The highest BCUT2D eigenvalue weighted by molar-refractivity contribution is 5.85. The highest BCUT2D eigenvalue weighted by atomic mass is 35.5. The quantitative estimate of drug-likeness (QED) is 0.818. The second-order valence-corrected chi connectivity index (χ2v) is 2.69. The van der Waals surface area contributed by atoms with E-state index >= 15 is 0 Å². The van der Waals surface area contributed by atoms with Gasteiger partial charge in [-0.3, -0.25) is 0 Å². The molecule has 1 rings (SSSR count). The summed E-state index contributed by atoms with van der Waals surface area (Å²) in [6.07, 6.45) is 0. The summed E-state index contributed by atoms with van der Waals surface area (Å²) >= 11 is 0. The second-order valence-electron chi connectivity index (χ2n) is 2.69. The summed E-state index contributed by atoms with van der Waals surface area (Å²) in [4.78, 5) is 0.